The van der Waals surface area contributed by atoms with Crippen molar-refractivity contribution in [3.8, 4) is 22.1 Å². The molecule has 1 atom stereocenters. The minimum atomic E-state index is -2.68. The number of benzene rings is 3. The van der Waals surface area contributed by atoms with Gasteiger partial charge < -0.3 is 29.7 Å². The number of amides is 1. The first-order chi connectivity index (χ1) is 28.0. The summed E-state index contributed by atoms with van der Waals surface area (Å²) in [5.74, 6) is 1.17. The summed E-state index contributed by atoms with van der Waals surface area (Å²) < 4.78 is 40.7. The predicted octanol–water partition coefficient (Wildman–Crippen LogP) is 9.22. The zero-order valence-electron chi connectivity index (χ0n) is 32.9. The molecule has 58 heavy (non-hydrogen) atoms. The van der Waals surface area contributed by atoms with Crippen LogP contribution in [0.3, 0.4) is 0 Å². The Morgan fingerprint density at radius 2 is 1.78 bits per heavy atom. The van der Waals surface area contributed by atoms with Gasteiger partial charge in [0.05, 0.1) is 17.1 Å². The van der Waals surface area contributed by atoms with Crippen molar-refractivity contribution in [3.63, 3.8) is 0 Å². The Morgan fingerprint density at radius 1 is 0.983 bits per heavy atom. The third-order valence-electron chi connectivity index (χ3n) is 10.2. The largest absolute Gasteiger partial charge is 0.678 e. The van der Waals surface area contributed by atoms with Gasteiger partial charge in [0.1, 0.15) is 24.2 Å². The topological polar surface area (TPSA) is 97.1 Å². The summed E-state index contributed by atoms with van der Waals surface area (Å²) in [6, 6.07) is 26.2. The number of hydrogen-bond acceptors (Lipinski definition) is 7. The second-order valence-corrected chi connectivity index (χ2v) is 16.2. The van der Waals surface area contributed by atoms with Crippen LogP contribution in [0, 0.1) is 6.92 Å². The number of aliphatic imine (C=N–C) groups is 1. The molecule has 0 fully saturated rings. The molecule has 3 aromatic carbocycles. The van der Waals surface area contributed by atoms with Crippen molar-refractivity contribution in [2.75, 3.05) is 25.1 Å². The van der Waals surface area contributed by atoms with Gasteiger partial charge in [-0.05, 0) is 152 Å². The average molecular weight is 801 g/mol. The lowest BCUT2D eigenvalue weighted by molar-refractivity contribution is -0.118. The molecule has 5 aromatic rings. The average Bonchev–Trinajstić information content (AvgIpc) is 4.05. The molecule has 8 nitrogen and oxygen atoms in total. The molecule has 298 valence electrons. The molecule has 7 rings (SSSR count). The van der Waals surface area contributed by atoms with E-state index in [2.05, 4.69) is 42.5 Å². The Hall–Kier alpha value is -5.56. The summed E-state index contributed by atoms with van der Waals surface area (Å²) in [5, 5.41) is 18.9. The monoisotopic (exact) mass is 800 g/mol. The number of aryl methyl sites for hydroxylation is 1. The minimum absolute atomic E-state index is 0.146. The van der Waals surface area contributed by atoms with Gasteiger partial charge in [0.15, 0.2) is 6.61 Å². The van der Waals surface area contributed by atoms with Crippen molar-refractivity contribution in [1.82, 2.24) is 9.79 Å². The predicted molar refractivity (Wildman–Crippen MR) is 232 cm³/mol. The number of nitrogens with zero attached hydrogens (tertiary/aromatic N) is 2. The van der Waals surface area contributed by atoms with Crippen LogP contribution in [0.25, 0.3) is 22.7 Å². The van der Waals surface area contributed by atoms with E-state index < -0.39 is 13.5 Å². The van der Waals surface area contributed by atoms with Crippen molar-refractivity contribution in [2.45, 2.75) is 58.1 Å². The molecular formula is C46H47BF2N4O4S. The molecule has 0 spiro atoms. The number of allylic oxidation sites excluding steroid dienone is 3. The third-order valence-corrected chi connectivity index (χ3v) is 11.1. The summed E-state index contributed by atoms with van der Waals surface area (Å²) in [4.78, 5) is 18.0. The number of anilines is 1. The van der Waals surface area contributed by atoms with Gasteiger partial charge in [0.2, 0.25) is 0 Å². The number of nitrogens with one attached hydrogen (secondary N) is 2. The van der Waals surface area contributed by atoms with Gasteiger partial charge in [-0.25, -0.2) is 4.99 Å². The fourth-order valence-corrected chi connectivity index (χ4v) is 8.00. The van der Waals surface area contributed by atoms with E-state index in [0.29, 0.717) is 40.8 Å². The maximum absolute atomic E-state index is 14.0. The molecule has 1 amide bonds. The third kappa shape index (κ3) is 10.5. The van der Waals surface area contributed by atoms with Crippen molar-refractivity contribution >= 4 is 48.2 Å². The summed E-state index contributed by atoms with van der Waals surface area (Å²) in [6.07, 6.45) is 12.4. The number of hydrogen-bond donors (Lipinski definition) is 3. The van der Waals surface area contributed by atoms with Crippen molar-refractivity contribution in [1.29, 1.82) is 0 Å². The standard InChI is InChI=1S/C46H47BF2N4O4S/c1-31-9-24-43(41-7-4-6-40(31)41)57-29-38(54)28-50-46(2,3)27-33-11-16-35(17-12-33)52-45(55)30-56-39-21-13-32(14-22-39)10-15-34-18-19-36(51-34)26-37-20-23-42(53(37)47(48)49)44-8-5-25-58-44/h5,8-26,38,50,54H,4,6-7,27-30H2,1-3H3,(H,52,55)/b15-10+,36-26-/t38-/m0/s1. The number of thiophene rings is 1. The van der Waals surface area contributed by atoms with Crippen LogP contribution in [0.15, 0.2) is 119 Å². The lowest BCUT2D eigenvalue weighted by Gasteiger charge is -2.28. The quantitative estimate of drug-likeness (QED) is 0.0816. The highest BCUT2D eigenvalue weighted by Crippen LogP contribution is 2.33. The molecule has 0 saturated carbocycles. The molecule has 1 aliphatic heterocycles. The van der Waals surface area contributed by atoms with Crippen LogP contribution in [0.5, 0.6) is 11.5 Å². The van der Waals surface area contributed by atoms with Crippen LogP contribution in [-0.2, 0) is 24.1 Å². The molecule has 0 saturated heterocycles. The number of β-amino-alcohol motifs (C(OH)–C–C–N with tert-alkyl or cyclic N) is 1. The molecule has 2 aromatic heterocycles. The summed E-state index contributed by atoms with van der Waals surface area (Å²) in [6.45, 7) is 6.84. The number of carbonyl (C=O) groups excluding carboxylic acids is 1. The maximum Gasteiger partial charge on any atom is 0.678 e. The molecule has 3 heterocycles. The SMILES string of the molecule is Cc1ccc(OC[C@@H](O)CNC(C)(C)Cc2ccc(NC(=O)COc3ccc(/C=C/C4=NC(=C\c5ccc(-c6cccs6)n5B(F)F)/C=C4)cc3)cc2)c2c1CCC2. The number of halogens is 2. The molecular weight excluding hydrogens is 753 g/mol. The van der Waals surface area contributed by atoms with Gasteiger partial charge in [-0.2, -0.15) is 0 Å². The normalized spacial score (nSPS) is 14.9. The fraction of sp³-hybridized carbons (Fsp3) is 0.261. The van der Waals surface area contributed by atoms with Crippen LogP contribution in [0.4, 0.5) is 14.3 Å². The van der Waals surface area contributed by atoms with E-state index in [9.17, 15) is 18.5 Å². The Kier molecular flexibility index (Phi) is 12.9. The molecule has 3 N–H and O–H groups in total. The number of carbonyl (C=O) groups is 1. The molecule has 12 heteroatoms. The Labute approximate surface area is 342 Å². The number of rotatable bonds is 17. The second-order valence-electron chi connectivity index (χ2n) is 15.2. The van der Waals surface area contributed by atoms with Crippen LogP contribution >= 0.6 is 11.3 Å². The van der Waals surface area contributed by atoms with Crippen molar-refractivity contribution < 1.29 is 28.0 Å². The van der Waals surface area contributed by atoms with Gasteiger partial charge in [0, 0.05) is 28.3 Å². The summed E-state index contributed by atoms with van der Waals surface area (Å²) >= 11 is 1.42. The maximum atomic E-state index is 14.0. The highest BCUT2D eigenvalue weighted by Gasteiger charge is 2.25. The van der Waals surface area contributed by atoms with Gasteiger partial charge in [-0.15, -0.1) is 11.3 Å². The van der Waals surface area contributed by atoms with Gasteiger partial charge in [0.25, 0.3) is 5.91 Å². The highest BCUT2D eigenvalue weighted by atomic mass is 32.1. The summed E-state index contributed by atoms with van der Waals surface area (Å²) in [5.41, 5.74) is 8.54. The van der Waals surface area contributed by atoms with E-state index in [1.54, 1.807) is 36.4 Å². The first-order valence-corrected chi connectivity index (χ1v) is 20.4. The first kappa shape index (κ1) is 40.6. The number of aliphatic hydroxyl groups is 1. The second kappa shape index (κ2) is 18.4. The van der Waals surface area contributed by atoms with E-state index in [1.807, 2.05) is 78.2 Å². The molecule has 1 aliphatic carbocycles. The zero-order chi connectivity index (χ0) is 40.6. The smallest absolute Gasteiger partial charge is 0.491 e. The van der Waals surface area contributed by atoms with Crippen LogP contribution in [0.1, 0.15) is 53.8 Å². The van der Waals surface area contributed by atoms with E-state index >= 15 is 0 Å². The number of ether oxygens (including phenoxy) is 2. The molecule has 2 aliphatic rings. The minimum Gasteiger partial charge on any atom is -0.491 e. The lowest BCUT2D eigenvalue weighted by Crippen LogP contribution is -2.46. The summed E-state index contributed by atoms with van der Waals surface area (Å²) in [7, 11) is -2.68. The number of aliphatic hydroxyl groups excluding tert-OH is 1. The number of fused-ring (bicyclic) bond motifs is 1. The van der Waals surface area contributed by atoms with Gasteiger partial charge >= 0.3 is 7.40 Å². The van der Waals surface area contributed by atoms with E-state index in [-0.39, 0.29) is 24.7 Å². The van der Waals surface area contributed by atoms with Crippen molar-refractivity contribution in [3.05, 3.63) is 148 Å². The molecule has 0 bridgehead atoms. The van der Waals surface area contributed by atoms with E-state index in [0.717, 1.165) is 51.9 Å². The van der Waals surface area contributed by atoms with Crippen LogP contribution < -0.4 is 20.1 Å². The first-order valence-electron chi connectivity index (χ1n) is 19.5. The number of aromatic nitrogens is 1. The lowest BCUT2D eigenvalue weighted by atomic mass is 9.94. The van der Waals surface area contributed by atoms with Gasteiger partial charge in [-0.3, -0.25) is 13.4 Å². The van der Waals surface area contributed by atoms with Crippen LogP contribution in [-0.4, -0.2) is 60.0 Å². The Morgan fingerprint density at radius 3 is 2.53 bits per heavy atom. The van der Waals surface area contributed by atoms with E-state index in [4.69, 9.17) is 9.47 Å². The van der Waals surface area contributed by atoms with Crippen LogP contribution in [0.2, 0.25) is 0 Å². The highest BCUT2D eigenvalue weighted by molar-refractivity contribution is 7.13. The van der Waals surface area contributed by atoms with E-state index in [1.165, 1.54) is 28.0 Å². The molecule has 0 radical (unpaired) electrons. The van der Waals surface area contributed by atoms with Crippen molar-refractivity contribution in [2.24, 2.45) is 4.99 Å². The Balaban J connectivity index is 0.828. The molecule has 0 unspecified atom stereocenters. The Bertz CT molecular complexity index is 2330. The fourth-order valence-electron chi connectivity index (χ4n) is 7.25. The van der Waals surface area contributed by atoms with Gasteiger partial charge in [-0.1, -0.05) is 42.5 Å². The zero-order valence-corrected chi connectivity index (χ0v) is 33.7.